The molecule has 0 saturated heterocycles. The van der Waals surface area contributed by atoms with Gasteiger partial charge in [-0.05, 0) is 12.5 Å². The Morgan fingerprint density at radius 3 is 2.86 bits per heavy atom. The van der Waals surface area contributed by atoms with Gasteiger partial charge >= 0.3 is 0 Å². The van der Waals surface area contributed by atoms with Crippen molar-refractivity contribution < 1.29 is 0 Å². The average Bonchev–Trinajstić information content (AvgIpc) is 1.69. The summed E-state index contributed by atoms with van der Waals surface area (Å²) in [4.78, 5) is 0. The van der Waals surface area contributed by atoms with E-state index in [0.29, 0.717) is 5.88 Å². The van der Waals surface area contributed by atoms with E-state index in [1.807, 2.05) is 6.08 Å². The number of hydrogen-bond acceptors (Lipinski definition) is 0. The van der Waals surface area contributed by atoms with Gasteiger partial charge in [-0.3, -0.25) is 0 Å². The first-order valence-electron chi connectivity index (χ1n) is 2.09. The molecular weight excluding hydrogens is 108 g/mol. The fourth-order valence-corrected chi connectivity index (χ4v) is 0.340. The summed E-state index contributed by atoms with van der Waals surface area (Å²) in [5.41, 5.74) is 0. The first-order valence-corrected chi connectivity index (χ1v) is 2.62. The molecule has 0 fully saturated rings. The van der Waals surface area contributed by atoms with Gasteiger partial charge in [0.25, 0.3) is 0 Å². The van der Waals surface area contributed by atoms with Gasteiger partial charge in [0, 0.05) is 5.88 Å². The maximum atomic E-state index is 5.32. The molecule has 0 aromatic rings. The van der Waals surface area contributed by atoms with Gasteiger partial charge < -0.3 is 0 Å². The number of halogens is 1. The van der Waals surface area contributed by atoms with Crippen molar-refractivity contribution in [2.45, 2.75) is 6.42 Å². The smallest absolute Gasteiger partial charge is 0.0258 e. The van der Waals surface area contributed by atoms with E-state index in [1.165, 1.54) is 0 Å². The molecular formula is C6H7Cl. The maximum Gasteiger partial charge on any atom is 0.0258 e. The second-order valence-electron chi connectivity index (χ2n) is 1.05. The third kappa shape index (κ3) is 5.59. The van der Waals surface area contributed by atoms with Crippen LogP contribution in [0.25, 0.3) is 0 Å². The van der Waals surface area contributed by atoms with Crippen LogP contribution < -0.4 is 0 Å². The molecule has 0 bridgehead atoms. The van der Waals surface area contributed by atoms with Crippen LogP contribution in [0, 0.1) is 12.3 Å². The molecule has 0 spiro atoms. The molecule has 0 rings (SSSR count). The molecule has 0 saturated carbocycles. The summed E-state index contributed by atoms with van der Waals surface area (Å²) in [7, 11) is 0. The number of allylic oxidation sites excluding steroid dienone is 2. The minimum absolute atomic E-state index is 0.651. The van der Waals surface area contributed by atoms with Crippen LogP contribution in [0.4, 0.5) is 0 Å². The maximum absolute atomic E-state index is 5.32. The van der Waals surface area contributed by atoms with Crippen molar-refractivity contribution in [3.05, 3.63) is 12.2 Å². The molecule has 0 atom stereocenters. The molecule has 0 unspecified atom stereocenters. The van der Waals surface area contributed by atoms with E-state index in [9.17, 15) is 0 Å². The molecule has 7 heavy (non-hydrogen) atoms. The Hall–Kier alpha value is -0.410. The van der Waals surface area contributed by atoms with Crippen molar-refractivity contribution in [3.8, 4) is 12.3 Å². The summed E-state index contributed by atoms with van der Waals surface area (Å²) in [6.07, 6.45) is 9.28. The van der Waals surface area contributed by atoms with Gasteiger partial charge in [-0.15, -0.1) is 18.0 Å². The zero-order chi connectivity index (χ0) is 5.54. The summed E-state index contributed by atoms with van der Waals surface area (Å²) < 4.78 is 0. The molecule has 38 valence electrons. The largest absolute Gasteiger partial charge is 0.126 e. The third-order valence-electron chi connectivity index (χ3n) is 0.490. The summed E-state index contributed by atoms with van der Waals surface area (Å²) in [6.45, 7) is 0. The van der Waals surface area contributed by atoms with Crippen molar-refractivity contribution in [1.82, 2.24) is 0 Å². The Labute approximate surface area is 49.2 Å². The number of alkyl halides is 1. The van der Waals surface area contributed by atoms with Crippen LogP contribution in [0.2, 0.25) is 0 Å². The zero-order valence-corrected chi connectivity index (χ0v) is 4.78. The molecule has 0 N–H and O–H groups in total. The van der Waals surface area contributed by atoms with Gasteiger partial charge in [0.2, 0.25) is 0 Å². The van der Waals surface area contributed by atoms with E-state index in [1.54, 1.807) is 6.08 Å². The molecule has 0 radical (unpaired) electrons. The molecule has 0 aromatic heterocycles. The monoisotopic (exact) mass is 114 g/mol. The predicted molar refractivity (Wildman–Crippen MR) is 33.3 cm³/mol. The Balaban J connectivity index is 2.97. The molecule has 0 nitrogen and oxygen atoms in total. The Kier molecular flexibility index (Phi) is 5.26. The Bertz CT molecular complexity index is 86.8. The minimum atomic E-state index is 0.651. The molecule has 1 heteroatoms. The highest BCUT2D eigenvalue weighted by Crippen LogP contribution is 1.84. The van der Waals surface area contributed by atoms with Crippen molar-refractivity contribution in [2.75, 3.05) is 5.88 Å². The normalized spacial score (nSPS) is 9.14. The number of hydrogen-bond donors (Lipinski definition) is 0. The third-order valence-corrected chi connectivity index (χ3v) is 0.708. The fourth-order valence-electron chi connectivity index (χ4n) is 0.214. The van der Waals surface area contributed by atoms with Crippen LogP contribution in [0.1, 0.15) is 6.42 Å². The van der Waals surface area contributed by atoms with Crippen LogP contribution >= 0.6 is 11.6 Å². The highest BCUT2D eigenvalue weighted by molar-refractivity contribution is 6.17. The van der Waals surface area contributed by atoms with Crippen LogP contribution in [-0.4, -0.2) is 5.88 Å². The van der Waals surface area contributed by atoms with E-state index in [4.69, 9.17) is 18.0 Å². The standard InChI is InChI=1S/C6H7Cl/c1-2-3-4-5-6-7/h1,3-4H,5-6H2/b4-3+. The SMILES string of the molecule is C#C/C=C/CCCl. The summed E-state index contributed by atoms with van der Waals surface area (Å²) in [6, 6.07) is 0. The van der Waals surface area contributed by atoms with E-state index in [2.05, 4.69) is 5.92 Å². The second kappa shape index (κ2) is 5.59. The molecule has 0 heterocycles. The number of rotatable bonds is 2. The Morgan fingerprint density at radius 2 is 2.43 bits per heavy atom. The average molecular weight is 115 g/mol. The van der Waals surface area contributed by atoms with Gasteiger partial charge in [-0.1, -0.05) is 12.0 Å². The lowest BCUT2D eigenvalue weighted by Crippen LogP contribution is -1.62. The van der Waals surface area contributed by atoms with Gasteiger partial charge in [0.1, 0.15) is 0 Å². The van der Waals surface area contributed by atoms with E-state index >= 15 is 0 Å². The van der Waals surface area contributed by atoms with Crippen molar-refractivity contribution in [3.63, 3.8) is 0 Å². The van der Waals surface area contributed by atoms with Crippen molar-refractivity contribution in [1.29, 1.82) is 0 Å². The van der Waals surface area contributed by atoms with Crippen LogP contribution in [-0.2, 0) is 0 Å². The van der Waals surface area contributed by atoms with Crippen LogP contribution in [0.3, 0.4) is 0 Å². The number of terminal acetylenes is 1. The molecule has 0 amide bonds. The first kappa shape index (κ1) is 6.59. The van der Waals surface area contributed by atoms with Gasteiger partial charge in [-0.2, -0.15) is 0 Å². The minimum Gasteiger partial charge on any atom is -0.126 e. The Morgan fingerprint density at radius 1 is 1.71 bits per heavy atom. The summed E-state index contributed by atoms with van der Waals surface area (Å²) >= 11 is 5.32. The van der Waals surface area contributed by atoms with Crippen molar-refractivity contribution in [2.24, 2.45) is 0 Å². The lowest BCUT2D eigenvalue weighted by atomic mass is 10.4. The fraction of sp³-hybridized carbons (Fsp3) is 0.333. The highest BCUT2D eigenvalue weighted by atomic mass is 35.5. The topological polar surface area (TPSA) is 0 Å². The highest BCUT2D eigenvalue weighted by Gasteiger charge is 1.68. The lowest BCUT2D eigenvalue weighted by Gasteiger charge is -1.74. The predicted octanol–water partition coefficient (Wildman–Crippen LogP) is 1.80. The summed E-state index contributed by atoms with van der Waals surface area (Å²) in [5.74, 6) is 3.01. The van der Waals surface area contributed by atoms with Crippen LogP contribution in [0.15, 0.2) is 12.2 Å². The molecule has 0 aliphatic carbocycles. The first-order chi connectivity index (χ1) is 3.41. The van der Waals surface area contributed by atoms with Gasteiger partial charge in [0.15, 0.2) is 0 Å². The quantitative estimate of drug-likeness (QED) is 0.379. The van der Waals surface area contributed by atoms with E-state index < -0.39 is 0 Å². The summed E-state index contributed by atoms with van der Waals surface area (Å²) in [5, 5.41) is 0. The molecule has 0 aliphatic heterocycles. The van der Waals surface area contributed by atoms with Crippen LogP contribution in [0.5, 0.6) is 0 Å². The van der Waals surface area contributed by atoms with E-state index in [-0.39, 0.29) is 0 Å². The molecule has 0 aromatic carbocycles. The molecule has 0 aliphatic rings. The zero-order valence-electron chi connectivity index (χ0n) is 4.02. The van der Waals surface area contributed by atoms with Gasteiger partial charge in [-0.25, -0.2) is 0 Å². The van der Waals surface area contributed by atoms with Gasteiger partial charge in [0.05, 0.1) is 0 Å². The van der Waals surface area contributed by atoms with E-state index in [0.717, 1.165) is 6.42 Å². The lowest BCUT2D eigenvalue weighted by molar-refractivity contribution is 1.24. The van der Waals surface area contributed by atoms with Crippen molar-refractivity contribution >= 4 is 11.6 Å². The second-order valence-corrected chi connectivity index (χ2v) is 1.42.